The van der Waals surface area contributed by atoms with Gasteiger partial charge in [-0.2, -0.15) is 4.98 Å². The summed E-state index contributed by atoms with van der Waals surface area (Å²) in [7, 11) is 1.68. The third kappa shape index (κ3) is 3.80. The molecule has 1 atom stereocenters. The first-order chi connectivity index (χ1) is 13.9. The molecule has 1 unspecified atom stereocenters. The Morgan fingerprint density at radius 3 is 2.69 bits per heavy atom. The van der Waals surface area contributed by atoms with Gasteiger partial charge in [-0.1, -0.05) is 42.1 Å². The van der Waals surface area contributed by atoms with Crippen molar-refractivity contribution in [3.05, 3.63) is 87.2 Å². The second-order valence-electron chi connectivity index (χ2n) is 6.77. The van der Waals surface area contributed by atoms with Gasteiger partial charge in [-0.25, -0.2) is 8.78 Å². The summed E-state index contributed by atoms with van der Waals surface area (Å²) in [6.07, 6.45) is -0.152. The van der Waals surface area contributed by atoms with Gasteiger partial charge in [0.05, 0.1) is 5.56 Å². The Balaban J connectivity index is 1.76. The van der Waals surface area contributed by atoms with Gasteiger partial charge in [0.1, 0.15) is 17.5 Å². The zero-order valence-corrected chi connectivity index (χ0v) is 16.3. The maximum absolute atomic E-state index is 14.4. The number of thioether (sulfide) groups is 1. The van der Waals surface area contributed by atoms with Crippen molar-refractivity contribution < 1.29 is 13.6 Å². The average Bonchev–Trinajstić information content (AvgIpc) is 2.71. The highest BCUT2D eigenvalue weighted by atomic mass is 32.2. The van der Waals surface area contributed by atoms with Crippen molar-refractivity contribution in [2.24, 2.45) is 7.05 Å². The topological polar surface area (TPSA) is 64.0 Å². The number of rotatable bonds is 4. The van der Waals surface area contributed by atoms with Crippen molar-refractivity contribution in [1.82, 2.24) is 9.55 Å². The third-order valence-corrected chi connectivity index (χ3v) is 5.95. The van der Waals surface area contributed by atoms with Gasteiger partial charge in [-0.15, -0.1) is 0 Å². The third-order valence-electron chi connectivity index (χ3n) is 4.85. The molecule has 8 heteroatoms. The highest BCUT2D eigenvalue weighted by Crippen LogP contribution is 2.37. The number of hydrogen-bond acceptors (Lipinski definition) is 4. The van der Waals surface area contributed by atoms with Crippen LogP contribution in [-0.2, 0) is 17.6 Å². The largest absolute Gasteiger partial charge is 0.312 e. The van der Waals surface area contributed by atoms with Crippen LogP contribution in [0.1, 0.15) is 29.0 Å². The molecule has 1 aromatic heterocycles. The molecule has 0 saturated carbocycles. The van der Waals surface area contributed by atoms with Crippen molar-refractivity contribution >= 4 is 23.5 Å². The zero-order valence-electron chi connectivity index (χ0n) is 15.5. The summed E-state index contributed by atoms with van der Waals surface area (Å²) in [4.78, 5) is 29.3. The van der Waals surface area contributed by atoms with Crippen molar-refractivity contribution in [1.29, 1.82) is 0 Å². The van der Waals surface area contributed by atoms with Gasteiger partial charge in [0.15, 0.2) is 5.16 Å². The number of carbonyl (C=O) groups excluding carboxylic acids is 1. The molecule has 0 fully saturated rings. The van der Waals surface area contributed by atoms with E-state index in [1.807, 2.05) is 30.3 Å². The fourth-order valence-electron chi connectivity index (χ4n) is 3.43. The second kappa shape index (κ2) is 7.79. The van der Waals surface area contributed by atoms with E-state index in [-0.39, 0.29) is 29.3 Å². The normalized spacial score (nSPS) is 15.7. The number of carbonyl (C=O) groups is 1. The molecule has 1 aliphatic rings. The summed E-state index contributed by atoms with van der Waals surface area (Å²) in [5.74, 6) is -1.70. The number of halogens is 2. The van der Waals surface area contributed by atoms with E-state index >= 15 is 0 Å². The predicted octanol–water partition coefficient (Wildman–Crippen LogP) is 3.82. The minimum Gasteiger partial charge on any atom is -0.312 e. The lowest BCUT2D eigenvalue weighted by Crippen LogP contribution is -2.33. The fourth-order valence-corrected chi connectivity index (χ4v) is 4.35. The highest BCUT2D eigenvalue weighted by molar-refractivity contribution is 7.98. The van der Waals surface area contributed by atoms with E-state index in [0.29, 0.717) is 10.9 Å². The van der Waals surface area contributed by atoms with Gasteiger partial charge in [0.2, 0.25) is 5.91 Å². The molecular weight excluding hydrogens is 396 g/mol. The summed E-state index contributed by atoms with van der Waals surface area (Å²) in [5, 5.41) is 3.12. The lowest BCUT2D eigenvalue weighted by atomic mass is 9.86. The minimum atomic E-state index is -0.895. The minimum absolute atomic E-state index is 0.0234. The van der Waals surface area contributed by atoms with Crippen LogP contribution in [-0.4, -0.2) is 15.5 Å². The Labute approximate surface area is 169 Å². The molecule has 1 amide bonds. The van der Waals surface area contributed by atoms with E-state index in [4.69, 9.17) is 0 Å². The Morgan fingerprint density at radius 2 is 1.93 bits per heavy atom. The Morgan fingerprint density at radius 1 is 1.17 bits per heavy atom. The number of hydrogen-bond donors (Lipinski definition) is 1. The van der Waals surface area contributed by atoms with Gasteiger partial charge in [-0.05, 0) is 29.3 Å². The van der Waals surface area contributed by atoms with E-state index in [1.165, 1.54) is 11.8 Å². The van der Waals surface area contributed by atoms with Crippen LogP contribution in [0.2, 0.25) is 0 Å². The van der Waals surface area contributed by atoms with E-state index < -0.39 is 23.1 Å². The SMILES string of the molecule is Cn1c(SCc2ccccc2)nc(=O)c2c1NC(=O)CC2c1cc(F)ccc1F. The average molecular weight is 413 g/mol. The quantitative estimate of drug-likeness (QED) is 0.522. The molecule has 29 heavy (non-hydrogen) atoms. The number of amides is 1. The summed E-state index contributed by atoms with van der Waals surface area (Å²) in [6.45, 7) is 0. The van der Waals surface area contributed by atoms with Gasteiger partial charge >= 0.3 is 0 Å². The fraction of sp³-hybridized carbons (Fsp3) is 0.190. The smallest absolute Gasteiger partial charge is 0.279 e. The Kier molecular flexibility index (Phi) is 5.19. The molecule has 0 aliphatic carbocycles. The Hall–Kier alpha value is -3.00. The molecule has 4 rings (SSSR count). The van der Waals surface area contributed by atoms with Crippen LogP contribution in [0.15, 0.2) is 58.5 Å². The first kappa shape index (κ1) is 19.3. The van der Waals surface area contributed by atoms with Gasteiger partial charge < -0.3 is 9.88 Å². The summed E-state index contributed by atoms with van der Waals surface area (Å²) in [6, 6.07) is 12.7. The molecule has 1 aliphatic heterocycles. The summed E-state index contributed by atoms with van der Waals surface area (Å²) < 4.78 is 29.7. The van der Waals surface area contributed by atoms with E-state index in [1.54, 1.807) is 11.6 Å². The molecule has 0 saturated heterocycles. The molecule has 0 radical (unpaired) electrons. The van der Waals surface area contributed by atoms with E-state index in [2.05, 4.69) is 10.3 Å². The second-order valence-corrected chi connectivity index (χ2v) is 7.71. The molecule has 2 aromatic carbocycles. The number of nitrogens with one attached hydrogen (secondary N) is 1. The van der Waals surface area contributed by atoms with Gasteiger partial charge in [-0.3, -0.25) is 9.59 Å². The highest BCUT2D eigenvalue weighted by Gasteiger charge is 2.33. The standard InChI is InChI=1S/C21H17F2N3O2S/c1-26-19-18(20(28)25-21(26)29-11-12-5-3-2-4-6-12)15(10-17(27)24-19)14-9-13(22)7-8-16(14)23/h2-9,15H,10-11H2,1H3,(H,24,27). The Bertz CT molecular complexity index is 1150. The molecule has 148 valence electrons. The number of aromatic nitrogens is 2. The van der Waals surface area contributed by atoms with Crippen LogP contribution in [0.25, 0.3) is 0 Å². The van der Waals surface area contributed by atoms with E-state index in [9.17, 15) is 18.4 Å². The molecule has 1 N–H and O–H groups in total. The molecular formula is C21H17F2N3O2S. The monoisotopic (exact) mass is 413 g/mol. The lowest BCUT2D eigenvalue weighted by molar-refractivity contribution is -0.116. The lowest BCUT2D eigenvalue weighted by Gasteiger charge is -2.27. The summed E-state index contributed by atoms with van der Waals surface area (Å²) >= 11 is 1.36. The van der Waals surface area contributed by atoms with Crippen molar-refractivity contribution in [2.45, 2.75) is 23.2 Å². The van der Waals surface area contributed by atoms with Crippen LogP contribution in [0.3, 0.4) is 0 Å². The van der Waals surface area contributed by atoms with Crippen LogP contribution in [0.4, 0.5) is 14.6 Å². The van der Waals surface area contributed by atoms with Crippen LogP contribution in [0.5, 0.6) is 0 Å². The van der Waals surface area contributed by atoms with E-state index in [0.717, 1.165) is 23.8 Å². The number of fused-ring (bicyclic) bond motifs is 1. The van der Waals surface area contributed by atoms with Crippen LogP contribution >= 0.6 is 11.8 Å². The first-order valence-electron chi connectivity index (χ1n) is 8.96. The van der Waals surface area contributed by atoms with Crippen LogP contribution < -0.4 is 10.9 Å². The van der Waals surface area contributed by atoms with Gasteiger partial charge in [0.25, 0.3) is 5.56 Å². The van der Waals surface area contributed by atoms with Crippen molar-refractivity contribution in [2.75, 3.05) is 5.32 Å². The van der Waals surface area contributed by atoms with Crippen molar-refractivity contribution in [3.63, 3.8) is 0 Å². The molecule has 0 bridgehead atoms. The molecule has 5 nitrogen and oxygen atoms in total. The van der Waals surface area contributed by atoms with Crippen molar-refractivity contribution in [3.8, 4) is 0 Å². The zero-order chi connectivity index (χ0) is 20.5. The maximum Gasteiger partial charge on any atom is 0.279 e. The maximum atomic E-state index is 14.4. The number of anilines is 1. The first-order valence-corrected chi connectivity index (χ1v) is 9.95. The molecule has 0 spiro atoms. The van der Waals surface area contributed by atoms with Crippen LogP contribution in [0, 0.1) is 11.6 Å². The molecule has 3 aromatic rings. The predicted molar refractivity (Wildman–Crippen MR) is 107 cm³/mol. The number of nitrogens with zero attached hydrogens (tertiary/aromatic N) is 2. The van der Waals surface area contributed by atoms with Gasteiger partial charge in [0, 0.05) is 25.1 Å². The number of benzene rings is 2. The molecule has 2 heterocycles. The summed E-state index contributed by atoms with van der Waals surface area (Å²) in [5.41, 5.74) is 0.654.